The molecule has 2 aromatic rings. The molecule has 0 aliphatic rings. The number of anilines is 1. The van der Waals surface area contributed by atoms with Crippen molar-refractivity contribution in [2.75, 3.05) is 25.0 Å². The van der Waals surface area contributed by atoms with Crippen LogP contribution in [-0.4, -0.2) is 49.1 Å². The zero-order chi connectivity index (χ0) is 23.0. The minimum Gasteiger partial charge on any atom is -0.347 e. The van der Waals surface area contributed by atoms with Crippen molar-refractivity contribution in [3.05, 3.63) is 64.2 Å². The maximum Gasteiger partial charge on any atom is 0.313 e. The number of hydrogen-bond acceptors (Lipinski definition) is 6. The smallest absolute Gasteiger partial charge is 0.313 e. The highest BCUT2D eigenvalue weighted by molar-refractivity contribution is 7.89. The predicted octanol–water partition coefficient (Wildman–Crippen LogP) is 1.92. The minimum atomic E-state index is -3.53. The fraction of sp³-hybridized carbons (Fsp3) is 0.300. The van der Waals surface area contributed by atoms with Crippen molar-refractivity contribution in [1.82, 2.24) is 9.62 Å². The Morgan fingerprint density at radius 3 is 2.06 bits per heavy atom. The molecule has 0 aliphatic carbocycles. The Hall–Kier alpha value is -3.31. The van der Waals surface area contributed by atoms with Gasteiger partial charge in [0.25, 0.3) is 5.69 Å². The lowest BCUT2D eigenvalue weighted by Crippen LogP contribution is -2.36. The Kier molecular flexibility index (Phi) is 8.22. The molecule has 0 unspecified atom stereocenters. The highest BCUT2D eigenvalue weighted by Crippen LogP contribution is 2.17. The van der Waals surface area contributed by atoms with Gasteiger partial charge in [0.2, 0.25) is 10.0 Å². The molecule has 31 heavy (non-hydrogen) atoms. The molecule has 2 rings (SSSR count). The molecule has 10 nitrogen and oxygen atoms in total. The molecule has 2 aromatic carbocycles. The zero-order valence-electron chi connectivity index (χ0n) is 17.2. The van der Waals surface area contributed by atoms with E-state index in [-0.39, 0.29) is 22.8 Å². The van der Waals surface area contributed by atoms with Crippen molar-refractivity contribution in [2.24, 2.45) is 0 Å². The average Bonchev–Trinajstić information content (AvgIpc) is 2.75. The number of rotatable bonds is 9. The van der Waals surface area contributed by atoms with E-state index in [1.54, 1.807) is 26.0 Å². The highest BCUT2D eigenvalue weighted by Gasteiger charge is 2.21. The second kappa shape index (κ2) is 10.6. The quantitative estimate of drug-likeness (QED) is 0.341. The van der Waals surface area contributed by atoms with Gasteiger partial charge >= 0.3 is 11.8 Å². The van der Waals surface area contributed by atoms with Crippen LogP contribution in [0.5, 0.6) is 0 Å². The van der Waals surface area contributed by atoms with Crippen LogP contribution in [0.4, 0.5) is 11.4 Å². The molecule has 166 valence electrons. The molecule has 0 aromatic heterocycles. The molecule has 0 saturated heterocycles. The van der Waals surface area contributed by atoms with Gasteiger partial charge in [0.05, 0.1) is 9.82 Å². The van der Waals surface area contributed by atoms with E-state index in [1.807, 2.05) is 0 Å². The molecule has 0 heterocycles. The van der Waals surface area contributed by atoms with Crippen molar-refractivity contribution < 1.29 is 22.9 Å². The second-order valence-electron chi connectivity index (χ2n) is 6.50. The van der Waals surface area contributed by atoms with Gasteiger partial charge in [-0.25, -0.2) is 8.42 Å². The highest BCUT2D eigenvalue weighted by atomic mass is 32.2. The van der Waals surface area contributed by atoms with Gasteiger partial charge < -0.3 is 10.6 Å². The number of sulfonamides is 1. The summed E-state index contributed by atoms with van der Waals surface area (Å²) in [6.07, 6.45) is 0.405. The topological polar surface area (TPSA) is 139 Å². The molecule has 0 saturated carbocycles. The van der Waals surface area contributed by atoms with E-state index in [4.69, 9.17) is 0 Å². The lowest BCUT2D eigenvalue weighted by molar-refractivity contribution is -0.384. The molecule has 0 spiro atoms. The first-order chi connectivity index (χ1) is 14.7. The van der Waals surface area contributed by atoms with E-state index in [2.05, 4.69) is 10.6 Å². The first-order valence-electron chi connectivity index (χ1n) is 9.61. The van der Waals surface area contributed by atoms with E-state index in [1.165, 1.54) is 40.7 Å². The second-order valence-corrected chi connectivity index (χ2v) is 8.44. The van der Waals surface area contributed by atoms with E-state index < -0.39 is 26.8 Å². The standard InChI is InChI=1S/C20H24N4O6S/c1-3-23(4-2)31(29,30)18-11-5-15(6-12-18)13-14-21-19(25)20(26)22-16-7-9-17(10-8-16)24(27)28/h5-12H,3-4,13-14H2,1-2H3,(H,21,25)(H,22,26). The Bertz CT molecular complexity index is 1030. The monoisotopic (exact) mass is 448 g/mol. The lowest BCUT2D eigenvalue weighted by atomic mass is 10.1. The third-order valence-corrected chi connectivity index (χ3v) is 6.57. The summed E-state index contributed by atoms with van der Waals surface area (Å²) in [5.74, 6) is -1.74. The Morgan fingerprint density at radius 1 is 0.968 bits per heavy atom. The van der Waals surface area contributed by atoms with Crippen molar-refractivity contribution in [3.8, 4) is 0 Å². The number of nitrogens with zero attached hydrogens (tertiary/aromatic N) is 2. The normalized spacial score (nSPS) is 11.2. The van der Waals surface area contributed by atoms with E-state index >= 15 is 0 Å². The number of non-ortho nitro benzene ring substituents is 1. The lowest BCUT2D eigenvalue weighted by Gasteiger charge is -2.18. The molecule has 0 radical (unpaired) electrons. The van der Waals surface area contributed by atoms with E-state index in [0.29, 0.717) is 19.5 Å². The molecular weight excluding hydrogens is 424 g/mol. The average molecular weight is 449 g/mol. The third-order valence-electron chi connectivity index (χ3n) is 4.51. The zero-order valence-corrected chi connectivity index (χ0v) is 18.0. The third kappa shape index (κ3) is 6.33. The van der Waals surface area contributed by atoms with Gasteiger partial charge in [-0.2, -0.15) is 4.31 Å². The summed E-state index contributed by atoms with van der Waals surface area (Å²) >= 11 is 0. The maximum atomic E-state index is 12.5. The van der Waals surface area contributed by atoms with Crippen LogP contribution in [0, 0.1) is 10.1 Å². The SMILES string of the molecule is CCN(CC)S(=O)(=O)c1ccc(CCNC(=O)C(=O)Nc2ccc([N+](=O)[O-])cc2)cc1. The van der Waals surface area contributed by atoms with Gasteiger partial charge in [-0.3, -0.25) is 19.7 Å². The van der Waals surface area contributed by atoms with Crippen molar-refractivity contribution in [1.29, 1.82) is 0 Å². The number of benzene rings is 2. The molecule has 0 bridgehead atoms. The van der Waals surface area contributed by atoms with Crippen molar-refractivity contribution >= 4 is 33.2 Å². The fourth-order valence-electron chi connectivity index (χ4n) is 2.80. The van der Waals surface area contributed by atoms with Gasteiger partial charge in [-0.05, 0) is 36.2 Å². The summed E-state index contributed by atoms with van der Waals surface area (Å²) < 4.78 is 26.3. The van der Waals surface area contributed by atoms with Crippen LogP contribution in [0.15, 0.2) is 53.4 Å². The maximum absolute atomic E-state index is 12.5. The van der Waals surface area contributed by atoms with Crippen LogP contribution in [-0.2, 0) is 26.0 Å². The molecule has 0 aliphatic heterocycles. The van der Waals surface area contributed by atoms with Gasteiger partial charge in [0, 0.05) is 37.5 Å². The number of amides is 2. The first-order valence-corrected chi connectivity index (χ1v) is 11.1. The van der Waals surface area contributed by atoms with Crippen LogP contribution < -0.4 is 10.6 Å². The van der Waals surface area contributed by atoms with E-state index in [9.17, 15) is 28.1 Å². The number of carbonyl (C=O) groups excluding carboxylic acids is 2. The summed E-state index contributed by atoms with van der Waals surface area (Å²) in [6.45, 7) is 4.49. The Labute approximate surface area is 180 Å². The molecule has 0 fully saturated rings. The summed E-state index contributed by atoms with van der Waals surface area (Å²) in [6, 6.07) is 11.5. The summed E-state index contributed by atoms with van der Waals surface area (Å²) in [7, 11) is -3.53. The Morgan fingerprint density at radius 2 is 1.55 bits per heavy atom. The molecule has 0 atom stereocenters. The minimum absolute atomic E-state index is 0.127. The number of nitro benzene ring substituents is 1. The van der Waals surface area contributed by atoms with Gasteiger partial charge in [-0.15, -0.1) is 0 Å². The van der Waals surface area contributed by atoms with Crippen LogP contribution in [0.25, 0.3) is 0 Å². The van der Waals surface area contributed by atoms with Crippen LogP contribution in [0.1, 0.15) is 19.4 Å². The van der Waals surface area contributed by atoms with Crippen LogP contribution in [0.2, 0.25) is 0 Å². The van der Waals surface area contributed by atoms with E-state index in [0.717, 1.165) is 5.56 Å². The summed E-state index contributed by atoms with van der Waals surface area (Å²) in [4.78, 5) is 34.1. The van der Waals surface area contributed by atoms with Crippen LogP contribution in [0.3, 0.4) is 0 Å². The summed E-state index contributed by atoms with van der Waals surface area (Å²) in [5.41, 5.74) is 0.934. The van der Waals surface area contributed by atoms with Gasteiger partial charge in [0.1, 0.15) is 0 Å². The predicted molar refractivity (Wildman–Crippen MR) is 115 cm³/mol. The van der Waals surface area contributed by atoms with Crippen molar-refractivity contribution in [2.45, 2.75) is 25.2 Å². The molecule has 2 N–H and O–H groups in total. The number of carbonyl (C=O) groups is 2. The summed E-state index contributed by atoms with van der Waals surface area (Å²) in [5, 5.41) is 15.5. The molecule has 11 heteroatoms. The molecule has 2 amide bonds. The van der Waals surface area contributed by atoms with Gasteiger partial charge in [-0.1, -0.05) is 26.0 Å². The van der Waals surface area contributed by atoms with Crippen LogP contribution >= 0.6 is 0 Å². The van der Waals surface area contributed by atoms with Crippen molar-refractivity contribution in [3.63, 3.8) is 0 Å². The largest absolute Gasteiger partial charge is 0.347 e. The first kappa shape index (κ1) is 24.0. The fourth-order valence-corrected chi connectivity index (χ4v) is 4.25. The number of hydrogen-bond donors (Lipinski definition) is 2. The Balaban J connectivity index is 1.86. The van der Waals surface area contributed by atoms with Gasteiger partial charge in [0.15, 0.2) is 0 Å². The molecular formula is C20H24N4O6S. The number of nitrogens with one attached hydrogen (secondary N) is 2. The number of nitro groups is 1.